The largest absolute Gasteiger partial charge is 0.463 e. The highest BCUT2D eigenvalue weighted by atomic mass is 32.2. The normalized spacial score (nSPS) is 14.9. The molecule has 180 valence electrons. The van der Waals surface area contributed by atoms with E-state index in [1.54, 1.807) is 32.5 Å². The van der Waals surface area contributed by atoms with Crippen LogP contribution in [-0.2, 0) is 25.7 Å². The second-order valence-electron chi connectivity index (χ2n) is 8.41. The lowest BCUT2D eigenvalue weighted by Crippen LogP contribution is -2.52. The van der Waals surface area contributed by atoms with Gasteiger partial charge >= 0.3 is 6.09 Å². The van der Waals surface area contributed by atoms with Crippen LogP contribution >= 0.6 is 11.8 Å². The number of piperidine rings is 1. The molecule has 9 heteroatoms. The number of hydrogen-bond acceptors (Lipinski definition) is 7. The minimum atomic E-state index is -0.570. The van der Waals surface area contributed by atoms with Crippen molar-refractivity contribution >= 4 is 30.2 Å². The lowest BCUT2D eigenvalue weighted by Gasteiger charge is -2.27. The van der Waals surface area contributed by atoms with Crippen LogP contribution in [0.25, 0.3) is 0 Å². The van der Waals surface area contributed by atoms with Crippen molar-refractivity contribution in [2.45, 2.75) is 64.3 Å². The highest BCUT2D eigenvalue weighted by Gasteiger charge is 2.26. The van der Waals surface area contributed by atoms with Gasteiger partial charge < -0.3 is 25.4 Å². The Labute approximate surface area is 195 Å². The van der Waals surface area contributed by atoms with Gasteiger partial charge in [0.2, 0.25) is 5.91 Å². The molecule has 0 aromatic heterocycles. The SMILES string of the molecule is CSCCC(NC(=O)OC(C)(C)C)C(=O)NC1CCNCC1.O=COCc1ccccc1. The molecular weight excluding hydrogens is 430 g/mol. The zero-order valence-electron chi connectivity index (χ0n) is 19.5. The highest BCUT2D eigenvalue weighted by molar-refractivity contribution is 7.98. The van der Waals surface area contributed by atoms with Gasteiger partial charge in [0.15, 0.2) is 0 Å². The van der Waals surface area contributed by atoms with Gasteiger partial charge in [0.1, 0.15) is 18.2 Å². The molecule has 1 aliphatic rings. The summed E-state index contributed by atoms with van der Waals surface area (Å²) in [5, 5.41) is 9.00. The number of carbonyl (C=O) groups is 3. The summed E-state index contributed by atoms with van der Waals surface area (Å²) in [4.78, 5) is 34.1. The predicted molar refractivity (Wildman–Crippen MR) is 127 cm³/mol. The van der Waals surface area contributed by atoms with Crippen molar-refractivity contribution in [1.29, 1.82) is 0 Å². The molecule has 2 amide bonds. The maximum absolute atomic E-state index is 12.4. The smallest absolute Gasteiger partial charge is 0.408 e. The summed E-state index contributed by atoms with van der Waals surface area (Å²) in [5.41, 5.74) is 0.439. The average Bonchev–Trinajstić information content (AvgIpc) is 2.75. The van der Waals surface area contributed by atoms with E-state index in [1.807, 2.05) is 36.6 Å². The fourth-order valence-electron chi connectivity index (χ4n) is 2.93. The summed E-state index contributed by atoms with van der Waals surface area (Å²) in [6.07, 6.45) is 3.88. The van der Waals surface area contributed by atoms with Crippen molar-refractivity contribution in [3.63, 3.8) is 0 Å². The predicted octanol–water partition coefficient (Wildman–Crippen LogP) is 2.86. The summed E-state index contributed by atoms with van der Waals surface area (Å²) in [6, 6.07) is 9.19. The number of nitrogens with one attached hydrogen (secondary N) is 3. The summed E-state index contributed by atoms with van der Waals surface area (Å²) in [6.45, 7) is 8.06. The first-order valence-corrected chi connectivity index (χ1v) is 12.2. The molecule has 0 bridgehead atoms. The Kier molecular flexibility index (Phi) is 13.5. The van der Waals surface area contributed by atoms with E-state index in [2.05, 4.69) is 20.7 Å². The number of thioether (sulfide) groups is 1. The van der Waals surface area contributed by atoms with Crippen LogP contribution in [0.1, 0.15) is 45.6 Å². The number of carbonyl (C=O) groups excluding carboxylic acids is 3. The van der Waals surface area contributed by atoms with Crippen molar-refractivity contribution in [1.82, 2.24) is 16.0 Å². The Bertz CT molecular complexity index is 676. The van der Waals surface area contributed by atoms with Gasteiger partial charge in [-0.3, -0.25) is 9.59 Å². The molecule has 0 aliphatic carbocycles. The zero-order valence-corrected chi connectivity index (χ0v) is 20.3. The van der Waals surface area contributed by atoms with E-state index in [0.717, 1.165) is 37.2 Å². The summed E-state index contributed by atoms with van der Waals surface area (Å²) < 4.78 is 9.78. The molecule has 1 unspecified atom stereocenters. The summed E-state index contributed by atoms with van der Waals surface area (Å²) in [7, 11) is 0. The monoisotopic (exact) mass is 467 g/mol. The van der Waals surface area contributed by atoms with Crippen LogP contribution in [0.15, 0.2) is 30.3 Å². The second kappa shape index (κ2) is 15.5. The van der Waals surface area contributed by atoms with Gasteiger partial charge in [-0.05, 0) is 70.7 Å². The van der Waals surface area contributed by atoms with Crippen LogP contribution in [0.4, 0.5) is 4.79 Å². The molecule has 8 nitrogen and oxygen atoms in total. The number of alkyl carbamates (subject to hydrolysis) is 1. The van der Waals surface area contributed by atoms with Crippen LogP contribution in [0.5, 0.6) is 0 Å². The fraction of sp³-hybridized carbons (Fsp3) is 0.609. The van der Waals surface area contributed by atoms with E-state index in [-0.39, 0.29) is 11.9 Å². The van der Waals surface area contributed by atoms with Gasteiger partial charge in [0, 0.05) is 6.04 Å². The highest BCUT2D eigenvalue weighted by Crippen LogP contribution is 2.09. The molecule has 1 aromatic carbocycles. The first-order valence-electron chi connectivity index (χ1n) is 10.8. The minimum absolute atomic E-state index is 0.119. The summed E-state index contributed by atoms with van der Waals surface area (Å²) >= 11 is 1.65. The Balaban J connectivity index is 0.000000425. The van der Waals surface area contributed by atoms with Crippen molar-refractivity contribution in [2.75, 3.05) is 25.1 Å². The molecule has 32 heavy (non-hydrogen) atoms. The minimum Gasteiger partial charge on any atom is -0.463 e. The average molecular weight is 468 g/mol. The maximum atomic E-state index is 12.4. The molecule has 1 fully saturated rings. The summed E-state index contributed by atoms with van der Waals surface area (Å²) in [5.74, 6) is 0.687. The maximum Gasteiger partial charge on any atom is 0.408 e. The van der Waals surface area contributed by atoms with E-state index in [4.69, 9.17) is 4.74 Å². The lowest BCUT2D eigenvalue weighted by atomic mass is 10.1. The number of hydrogen-bond donors (Lipinski definition) is 3. The Morgan fingerprint density at radius 1 is 1.22 bits per heavy atom. The fourth-order valence-corrected chi connectivity index (χ4v) is 3.40. The molecule has 0 spiro atoms. The van der Waals surface area contributed by atoms with Gasteiger partial charge in [-0.25, -0.2) is 4.79 Å². The molecule has 2 rings (SSSR count). The quantitative estimate of drug-likeness (QED) is 0.480. The Morgan fingerprint density at radius 2 is 1.88 bits per heavy atom. The number of rotatable bonds is 9. The topological polar surface area (TPSA) is 106 Å². The van der Waals surface area contributed by atoms with Crippen molar-refractivity contribution < 1.29 is 23.9 Å². The molecule has 3 N–H and O–H groups in total. The van der Waals surface area contributed by atoms with Crippen LogP contribution in [0.3, 0.4) is 0 Å². The van der Waals surface area contributed by atoms with Gasteiger partial charge in [0.05, 0.1) is 0 Å². The van der Waals surface area contributed by atoms with Crippen molar-refractivity contribution in [3.8, 4) is 0 Å². The molecular formula is C23H37N3O5S. The van der Waals surface area contributed by atoms with Gasteiger partial charge in [-0.2, -0.15) is 11.8 Å². The van der Waals surface area contributed by atoms with Crippen molar-refractivity contribution in [2.24, 2.45) is 0 Å². The van der Waals surface area contributed by atoms with Crippen LogP contribution in [0.2, 0.25) is 0 Å². The molecule has 0 radical (unpaired) electrons. The molecule has 1 aromatic rings. The van der Waals surface area contributed by atoms with E-state index in [1.165, 1.54) is 0 Å². The third kappa shape index (κ3) is 13.2. The van der Waals surface area contributed by atoms with E-state index < -0.39 is 17.7 Å². The van der Waals surface area contributed by atoms with E-state index in [9.17, 15) is 14.4 Å². The van der Waals surface area contributed by atoms with Crippen LogP contribution in [-0.4, -0.2) is 61.3 Å². The zero-order chi connectivity index (χ0) is 23.8. The third-order valence-corrected chi connectivity index (χ3v) is 5.11. The molecule has 0 saturated carbocycles. The van der Waals surface area contributed by atoms with E-state index in [0.29, 0.717) is 19.5 Å². The number of ether oxygens (including phenoxy) is 2. The van der Waals surface area contributed by atoms with E-state index >= 15 is 0 Å². The molecule has 1 saturated heterocycles. The van der Waals surface area contributed by atoms with Gasteiger partial charge in [0.25, 0.3) is 6.47 Å². The Hall–Kier alpha value is -2.26. The van der Waals surface area contributed by atoms with Gasteiger partial charge in [-0.15, -0.1) is 0 Å². The van der Waals surface area contributed by atoms with Gasteiger partial charge in [-0.1, -0.05) is 30.3 Å². The molecule has 1 heterocycles. The lowest BCUT2D eigenvalue weighted by molar-refractivity contribution is -0.129. The first kappa shape index (κ1) is 27.8. The molecule has 1 atom stereocenters. The first-order chi connectivity index (χ1) is 15.2. The second-order valence-corrected chi connectivity index (χ2v) is 9.39. The van der Waals surface area contributed by atoms with Crippen LogP contribution < -0.4 is 16.0 Å². The van der Waals surface area contributed by atoms with Crippen LogP contribution in [0, 0.1) is 0 Å². The third-order valence-electron chi connectivity index (χ3n) is 4.46. The number of benzene rings is 1. The number of amides is 2. The Morgan fingerprint density at radius 3 is 2.44 bits per heavy atom. The molecule has 1 aliphatic heterocycles. The standard InChI is InChI=1S/C15H29N3O3S.C8H8O2/c1-15(2,3)21-14(20)18-12(7-10-22-4)13(19)17-11-5-8-16-9-6-11;9-7-10-6-8-4-2-1-3-5-8/h11-12,16H,5-10H2,1-4H3,(H,17,19)(H,18,20);1-5,7H,6H2. The van der Waals surface area contributed by atoms with Crippen molar-refractivity contribution in [3.05, 3.63) is 35.9 Å².